The molecule has 2 aromatic rings. The molecule has 0 saturated heterocycles. The average molecular weight is 367 g/mol. The zero-order valence-electron chi connectivity index (χ0n) is 12.5. The van der Waals surface area contributed by atoms with E-state index in [1.54, 1.807) is 0 Å². The van der Waals surface area contributed by atoms with Crippen LogP contribution in [0.3, 0.4) is 0 Å². The molecule has 1 atom stereocenters. The first-order chi connectivity index (χ1) is 10.2. The molecule has 0 aromatic heterocycles. The van der Waals surface area contributed by atoms with Crippen LogP contribution in [0.15, 0.2) is 46.9 Å². The smallest absolute Gasteiger partial charge is 0.0591 e. The predicted octanol–water partition coefficient (Wildman–Crippen LogP) is 5.75. The number of hydrogen-bond donors (Lipinski definition) is 1. The van der Waals surface area contributed by atoms with Gasteiger partial charge in [-0.15, -0.1) is 0 Å². The highest BCUT2D eigenvalue weighted by atomic mass is 79.9. The van der Waals surface area contributed by atoms with E-state index in [0.717, 1.165) is 34.4 Å². The molecule has 0 saturated carbocycles. The number of aryl methyl sites for hydroxylation is 1. The summed E-state index contributed by atoms with van der Waals surface area (Å²) in [5.74, 6) is 0. The molecule has 0 heterocycles. The van der Waals surface area contributed by atoms with Gasteiger partial charge >= 0.3 is 0 Å². The summed E-state index contributed by atoms with van der Waals surface area (Å²) in [5.41, 5.74) is 3.72. The summed E-state index contributed by atoms with van der Waals surface area (Å²) >= 11 is 9.96. The largest absolute Gasteiger partial charge is 0.306 e. The molecule has 0 bridgehead atoms. The van der Waals surface area contributed by atoms with E-state index in [-0.39, 0.29) is 6.04 Å². The molecule has 3 heteroatoms. The Bertz CT molecular complexity index is 580. The van der Waals surface area contributed by atoms with Crippen molar-refractivity contribution in [3.63, 3.8) is 0 Å². The van der Waals surface area contributed by atoms with Crippen LogP contribution in [0.2, 0.25) is 5.02 Å². The van der Waals surface area contributed by atoms with Gasteiger partial charge in [-0.3, -0.25) is 0 Å². The summed E-state index contributed by atoms with van der Waals surface area (Å²) in [6.07, 6.45) is 2.15. The SMILES string of the molecule is CCCNC(c1ccc(CC)cc1)c1cc(Br)ccc1Cl. The van der Waals surface area contributed by atoms with E-state index >= 15 is 0 Å². The van der Waals surface area contributed by atoms with Crippen molar-refractivity contribution in [2.24, 2.45) is 0 Å². The Kier molecular flexibility index (Phi) is 6.28. The minimum Gasteiger partial charge on any atom is -0.306 e. The van der Waals surface area contributed by atoms with E-state index in [2.05, 4.69) is 65.4 Å². The van der Waals surface area contributed by atoms with Gasteiger partial charge in [-0.05, 0) is 54.3 Å². The van der Waals surface area contributed by atoms with Crippen LogP contribution in [0.1, 0.15) is 43.0 Å². The quantitative estimate of drug-likeness (QED) is 0.686. The molecule has 0 amide bonds. The monoisotopic (exact) mass is 365 g/mol. The highest BCUT2D eigenvalue weighted by Crippen LogP contribution is 2.31. The standard InChI is InChI=1S/C18H21BrClN/c1-3-11-21-18(14-7-5-13(4-2)6-8-14)16-12-15(19)9-10-17(16)20/h5-10,12,18,21H,3-4,11H2,1-2H3. The molecule has 1 nitrogen and oxygen atoms in total. The predicted molar refractivity (Wildman–Crippen MR) is 95.1 cm³/mol. The van der Waals surface area contributed by atoms with E-state index in [4.69, 9.17) is 11.6 Å². The second-order valence-corrected chi connectivity index (χ2v) is 6.47. The lowest BCUT2D eigenvalue weighted by atomic mass is 9.97. The van der Waals surface area contributed by atoms with E-state index in [1.807, 2.05) is 12.1 Å². The van der Waals surface area contributed by atoms with Gasteiger partial charge in [0, 0.05) is 9.50 Å². The van der Waals surface area contributed by atoms with Crippen LogP contribution in [0.4, 0.5) is 0 Å². The summed E-state index contributed by atoms with van der Waals surface area (Å²) in [6, 6.07) is 14.9. The molecule has 0 aliphatic heterocycles. The lowest BCUT2D eigenvalue weighted by Crippen LogP contribution is -2.23. The van der Waals surface area contributed by atoms with Crippen LogP contribution in [-0.4, -0.2) is 6.54 Å². The van der Waals surface area contributed by atoms with Crippen molar-refractivity contribution in [2.45, 2.75) is 32.7 Å². The van der Waals surface area contributed by atoms with Crippen LogP contribution in [0, 0.1) is 0 Å². The van der Waals surface area contributed by atoms with Crippen molar-refractivity contribution in [2.75, 3.05) is 6.54 Å². The van der Waals surface area contributed by atoms with Crippen molar-refractivity contribution < 1.29 is 0 Å². The average Bonchev–Trinajstić information content (AvgIpc) is 2.51. The van der Waals surface area contributed by atoms with Crippen LogP contribution in [0.25, 0.3) is 0 Å². The second-order valence-electron chi connectivity index (χ2n) is 5.15. The fourth-order valence-corrected chi connectivity index (χ4v) is 2.98. The Morgan fingerprint density at radius 3 is 2.43 bits per heavy atom. The summed E-state index contributed by atoms with van der Waals surface area (Å²) < 4.78 is 1.05. The highest BCUT2D eigenvalue weighted by Gasteiger charge is 2.16. The van der Waals surface area contributed by atoms with Crippen LogP contribution in [-0.2, 0) is 6.42 Å². The molecule has 2 rings (SSSR count). The van der Waals surface area contributed by atoms with Crippen LogP contribution >= 0.6 is 27.5 Å². The molecule has 0 radical (unpaired) electrons. The minimum absolute atomic E-state index is 0.126. The lowest BCUT2D eigenvalue weighted by Gasteiger charge is -2.21. The first kappa shape index (κ1) is 16.5. The van der Waals surface area contributed by atoms with Gasteiger partial charge in [-0.1, -0.05) is 65.6 Å². The molecule has 0 aliphatic carbocycles. The molecular weight excluding hydrogens is 346 g/mol. The third-order valence-electron chi connectivity index (χ3n) is 3.59. The third-order valence-corrected chi connectivity index (χ3v) is 4.43. The first-order valence-corrected chi connectivity index (χ1v) is 8.60. The van der Waals surface area contributed by atoms with Crippen molar-refractivity contribution in [3.8, 4) is 0 Å². The van der Waals surface area contributed by atoms with E-state index in [1.165, 1.54) is 11.1 Å². The van der Waals surface area contributed by atoms with Crippen LogP contribution in [0.5, 0.6) is 0 Å². The molecule has 2 aromatic carbocycles. The molecule has 1 unspecified atom stereocenters. The van der Waals surface area contributed by atoms with Crippen molar-refractivity contribution in [3.05, 3.63) is 68.7 Å². The Labute approximate surface area is 140 Å². The van der Waals surface area contributed by atoms with Gasteiger partial charge in [0.15, 0.2) is 0 Å². The molecule has 0 spiro atoms. The third kappa shape index (κ3) is 4.32. The van der Waals surface area contributed by atoms with Crippen LogP contribution < -0.4 is 5.32 Å². The fraction of sp³-hybridized carbons (Fsp3) is 0.333. The van der Waals surface area contributed by atoms with E-state index < -0.39 is 0 Å². The zero-order valence-corrected chi connectivity index (χ0v) is 14.8. The van der Waals surface area contributed by atoms with E-state index in [0.29, 0.717) is 0 Å². The molecule has 0 aliphatic rings. The van der Waals surface area contributed by atoms with Crippen molar-refractivity contribution >= 4 is 27.5 Å². The van der Waals surface area contributed by atoms with Crippen molar-refractivity contribution in [1.29, 1.82) is 0 Å². The van der Waals surface area contributed by atoms with E-state index in [9.17, 15) is 0 Å². The molecular formula is C18H21BrClN. The van der Waals surface area contributed by atoms with Gasteiger partial charge in [0.25, 0.3) is 0 Å². The number of benzene rings is 2. The van der Waals surface area contributed by atoms with Crippen molar-refractivity contribution in [1.82, 2.24) is 5.32 Å². The van der Waals surface area contributed by atoms with Gasteiger partial charge in [-0.2, -0.15) is 0 Å². The van der Waals surface area contributed by atoms with Gasteiger partial charge in [-0.25, -0.2) is 0 Å². The second kappa shape index (κ2) is 7.98. The van der Waals surface area contributed by atoms with Gasteiger partial charge < -0.3 is 5.32 Å². The maximum Gasteiger partial charge on any atom is 0.0591 e. The Morgan fingerprint density at radius 1 is 1.10 bits per heavy atom. The highest BCUT2D eigenvalue weighted by molar-refractivity contribution is 9.10. The summed E-state index contributed by atoms with van der Waals surface area (Å²) in [4.78, 5) is 0. The molecule has 112 valence electrons. The van der Waals surface area contributed by atoms with Gasteiger partial charge in [0.05, 0.1) is 6.04 Å². The summed E-state index contributed by atoms with van der Waals surface area (Å²) in [5, 5.41) is 4.40. The maximum absolute atomic E-state index is 6.42. The molecule has 1 N–H and O–H groups in total. The molecule has 0 fully saturated rings. The van der Waals surface area contributed by atoms with Gasteiger partial charge in [0.1, 0.15) is 0 Å². The summed E-state index contributed by atoms with van der Waals surface area (Å²) in [6.45, 7) is 5.31. The number of hydrogen-bond acceptors (Lipinski definition) is 1. The topological polar surface area (TPSA) is 12.0 Å². The Balaban J connectivity index is 2.38. The molecule has 21 heavy (non-hydrogen) atoms. The first-order valence-electron chi connectivity index (χ1n) is 7.42. The zero-order chi connectivity index (χ0) is 15.2. The summed E-state index contributed by atoms with van der Waals surface area (Å²) in [7, 11) is 0. The number of nitrogens with one attached hydrogen (secondary N) is 1. The minimum atomic E-state index is 0.126. The maximum atomic E-state index is 6.42. The van der Waals surface area contributed by atoms with Gasteiger partial charge in [0.2, 0.25) is 0 Å². The number of halogens is 2. The number of rotatable bonds is 6. The Morgan fingerprint density at radius 2 is 1.81 bits per heavy atom. The Hall–Kier alpha value is -0.830. The normalized spacial score (nSPS) is 12.4. The fourth-order valence-electron chi connectivity index (χ4n) is 2.38. The lowest BCUT2D eigenvalue weighted by molar-refractivity contribution is 0.598.